The van der Waals surface area contributed by atoms with Gasteiger partial charge in [0, 0.05) is 35.8 Å². The molecular formula is C38H51F3N2O2. The van der Waals surface area contributed by atoms with Crippen LogP contribution in [0.5, 0.6) is 0 Å². The number of aromatic amines is 1. The van der Waals surface area contributed by atoms with E-state index in [9.17, 15) is 18.0 Å². The number of halogens is 3. The van der Waals surface area contributed by atoms with Gasteiger partial charge < -0.3 is 14.6 Å². The van der Waals surface area contributed by atoms with Crippen molar-refractivity contribution >= 4 is 16.8 Å². The molecule has 0 spiro atoms. The fraction of sp³-hybridized carbons (Fsp3) is 0.553. The van der Waals surface area contributed by atoms with E-state index in [1.807, 2.05) is 24.3 Å². The van der Waals surface area contributed by atoms with Crippen LogP contribution in [0.1, 0.15) is 120 Å². The van der Waals surface area contributed by atoms with Crippen molar-refractivity contribution in [2.24, 2.45) is 0 Å². The molecule has 0 bridgehead atoms. The standard InChI is InChI=1S/C38H51F3N2O2/c1-3-4-5-6-7-8-9-10-11-12-13-14-15-16-20-27-34-35-32(31-25-21-22-26-33(31)42-35)28-29-43(34)36(44)37(45-2,38(39,40)41)30-23-18-17-19-24-30/h10-11,17-19,21-26,34,42H,3-9,12-16,20,27-29H2,1-2H3/b11-10-/t34-,37+/m0/s1. The minimum absolute atomic E-state index is 0.202. The van der Waals surface area contributed by atoms with Gasteiger partial charge in [0.1, 0.15) is 0 Å². The fourth-order valence-electron chi connectivity index (χ4n) is 6.87. The van der Waals surface area contributed by atoms with Crippen LogP contribution in [0, 0.1) is 0 Å². The summed E-state index contributed by atoms with van der Waals surface area (Å²) >= 11 is 0. The molecule has 7 heteroatoms. The van der Waals surface area contributed by atoms with Crippen LogP contribution in [-0.2, 0) is 21.6 Å². The quantitative estimate of drug-likeness (QED) is 0.113. The molecule has 1 N–H and O–H groups in total. The Balaban J connectivity index is 1.39. The summed E-state index contributed by atoms with van der Waals surface area (Å²) in [5.41, 5.74) is -0.373. The molecule has 1 aliphatic heterocycles. The molecule has 1 aromatic heterocycles. The number of unbranched alkanes of at least 4 members (excludes halogenated alkanes) is 11. The van der Waals surface area contributed by atoms with E-state index in [0.717, 1.165) is 67.8 Å². The van der Waals surface area contributed by atoms with Gasteiger partial charge in [-0.25, -0.2) is 0 Å². The molecule has 4 rings (SSSR count). The number of ether oxygens (including phenoxy) is 1. The topological polar surface area (TPSA) is 45.3 Å². The summed E-state index contributed by atoms with van der Waals surface area (Å²) in [6, 6.07) is 14.8. The first kappa shape index (κ1) is 34.8. The van der Waals surface area contributed by atoms with Crippen LogP contribution in [0.25, 0.3) is 10.9 Å². The van der Waals surface area contributed by atoms with Gasteiger partial charge >= 0.3 is 6.18 Å². The normalized spacial score (nSPS) is 16.7. The molecule has 1 amide bonds. The first-order valence-electron chi connectivity index (χ1n) is 17.1. The highest BCUT2D eigenvalue weighted by Gasteiger charge is 2.64. The lowest BCUT2D eigenvalue weighted by Gasteiger charge is -2.43. The van der Waals surface area contributed by atoms with E-state index in [1.165, 1.54) is 74.1 Å². The number of carbonyl (C=O) groups excluding carboxylic acids is 1. The summed E-state index contributed by atoms with van der Waals surface area (Å²) in [5, 5.41) is 1.08. The van der Waals surface area contributed by atoms with Gasteiger partial charge in [-0.05, 0) is 50.2 Å². The number of nitrogens with zero attached hydrogens (tertiary/aromatic N) is 1. The van der Waals surface area contributed by atoms with Gasteiger partial charge in [0.2, 0.25) is 0 Å². The first-order valence-corrected chi connectivity index (χ1v) is 17.1. The number of hydrogen-bond acceptors (Lipinski definition) is 2. The number of methoxy groups -OCH3 is 1. The first-order chi connectivity index (χ1) is 21.8. The number of amides is 1. The number of benzene rings is 2. The van der Waals surface area contributed by atoms with E-state index in [4.69, 9.17) is 4.74 Å². The molecule has 0 radical (unpaired) electrons. The molecular weight excluding hydrogens is 573 g/mol. The summed E-state index contributed by atoms with van der Waals surface area (Å²) < 4.78 is 49.8. The summed E-state index contributed by atoms with van der Waals surface area (Å²) in [6.45, 7) is 2.45. The van der Waals surface area contributed by atoms with E-state index in [2.05, 4.69) is 24.1 Å². The number of allylic oxidation sites excluding steroid dienone is 2. The molecule has 0 saturated carbocycles. The van der Waals surface area contributed by atoms with Crippen molar-refractivity contribution in [2.75, 3.05) is 13.7 Å². The lowest BCUT2D eigenvalue weighted by Crippen LogP contribution is -2.58. The number of aromatic nitrogens is 1. The van der Waals surface area contributed by atoms with Crippen molar-refractivity contribution in [3.05, 3.63) is 83.6 Å². The van der Waals surface area contributed by atoms with Crippen LogP contribution in [0.3, 0.4) is 0 Å². The van der Waals surface area contributed by atoms with Gasteiger partial charge in [0.15, 0.2) is 0 Å². The second kappa shape index (κ2) is 17.0. The number of alkyl halides is 3. The average molecular weight is 625 g/mol. The summed E-state index contributed by atoms with van der Waals surface area (Å²) in [5.74, 6) is -1.05. The SMILES string of the molecule is CCCCCCCC/C=C\CCCCCCC[C@H]1c2[nH]c3ccccc3c2CCN1C(=O)[C@](OC)(c1ccccc1)C(F)(F)F. The van der Waals surface area contributed by atoms with Crippen LogP contribution < -0.4 is 0 Å². The Kier molecular flexibility index (Phi) is 13.2. The van der Waals surface area contributed by atoms with Crippen molar-refractivity contribution < 1.29 is 22.7 Å². The molecule has 0 aliphatic carbocycles. The molecule has 4 nitrogen and oxygen atoms in total. The Bertz CT molecular complexity index is 1350. The van der Waals surface area contributed by atoms with Gasteiger partial charge in [0.25, 0.3) is 11.5 Å². The van der Waals surface area contributed by atoms with Crippen molar-refractivity contribution in [2.45, 2.75) is 121 Å². The van der Waals surface area contributed by atoms with Crippen LogP contribution in [-0.4, -0.2) is 35.6 Å². The maximum atomic E-state index is 14.9. The summed E-state index contributed by atoms with van der Waals surface area (Å²) in [7, 11) is 0.982. The number of H-pyrrole nitrogens is 1. The van der Waals surface area contributed by atoms with E-state index in [-0.39, 0.29) is 12.1 Å². The van der Waals surface area contributed by atoms with Gasteiger partial charge in [-0.15, -0.1) is 0 Å². The van der Waals surface area contributed by atoms with Crippen LogP contribution >= 0.6 is 0 Å². The molecule has 45 heavy (non-hydrogen) atoms. The molecule has 2 aromatic carbocycles. The number of rotatable bonds is 18. The fourth-order valence-corrected chi connectivity index (χ4v) is 6.87. The van der Waals surface area contributed by atoms with E-state index < -0.39 is 23.7 Å². The number of hydrogen-bond donors (Lipinski definition) is 1. The second-order valence-electron chi connectivity index (χ2n) is 12.4. The maximum Gasteiger partial charge on any atom is 0.430 e. The lowest BCUT2D eigenvalue weighted by atomic mass is 9.87. The molecule has 2 heterocycles. The van der Waals surface area contributed by atoms with Crippen LogP contribution in [0.2, 0.25) is 0 Å². The third-order valence-electron chi connectivity index (χ3n) is 9.35. The molecule has 246 valence electrons. The summed E-state index contributed by atoms with van der Waals surface area (Å²) in [6.07, 6.45) is 16.1. The van der Waals surface area contributed by atoms with E-state index >= 15 is 0 Å². The maximum absolute atomic E-state index is 14.9. The van der Waals surface area contributed by atoms with Gasteiger partial charge in [-0.3, -0.25) is 4.79 Å². The van der Waals surface area contributed by atoms with Gasteiger partial charge in [-0.1, -0.05) is 125 Å². The molecule has 3 aromatic rings. The number of para-hydroxylation sites is 1. The molecule has 0 fully saturated rings. The Hall–Kier alpha value is -3.06. The third kappa shape index (κ3) is 8.41. The smallest absolute Gasteiger partial charge is 0.356 e. The Labute approximate surface area is 267 Å². The minimum atomic E-state index is -4.94. The van der Waals surface area contributed by atoms with Crippen LogP contribution in [0.15, 0.2) is 66.7 Å². The van der Waals surface area contributed by atoms with Gasteiger partial charge in [0.05, 0.1) is 6.04 Å². The van der Waals surface area contributed by atoms with Crippen molar-refractivity contribution in [1.82, 2.24) is 9.88 Å². The predicted molar refractivity (Wildman–Crippen MR) is 177 cm³/mol. The molecule has 2 atom stereocenters. The average Bonchev–Trinajstić information content (AvgIpc) is 3.42. The zero-order valence-corrected chi connectivity index (χ0v) is 27.1. The Morgan fingerprint density at radius 1 is 0.867 bits per heavy atom. The molecule has 0 unspecified atom stereocenters. The molecule has 1 aliphatic rings. The highest BCUT2D eigenvalue weighted by atomic mass is 19.4. The minimum Gasteiger partial charge on any atom is -0.356 e. The number of carbonyl (C=O) groups is 1. The third-order valence-corrected chi connectivity index (χ3v) is 9.35. The van der Waals surface area contributed by atoms with E-state index in [1.54, 1.807) is 6.07 Å². The van der Waals surface area contributed by atoms with E-state index in [0.29, 0.717) is 12.8 Å². The molecule has 0 saturated heterocycles. The zero-order chi connectivity index (χ0) is 32.1. The number of fused-ring (bicyclic) bond motifs is 3. The highest BCUT2D eigenvalue weighted by molar-refractivity contribution is 5.90. The Morgan fingerprint density at radius 2 is 1.47 bits per heavy atom. The summed E-state index contributed by atoms with van der Waals surface area (Å²) in [4.78, 5) is 19.1. The van der Waals surface area contributed by atoms with Crippen molar-refractivity contribution in [3.8, 4) is 0 Å². The van der Waals surface area contributed by atoms with Crippen molar-refractivity contribution in [3.63, 3.8) is 0 Å². The van der Waals surface area contributed by atoms with Gasteiger partial charge in [-0.2, -0.15) is 13.2 Å². The second-order valence-corrected chi connectivity index (χ2v) is 12.4. The Morgan fingerprint density at radius 3 is 2.11 bits per heavy atom. The zero-order valence-electron chi connectivity index (χ0n) is 27.1. The largest absolute Gasteiger partial charge is 0.430 e. The highest BCUT2D eigenvalue weighted by Crippen LogP contribution is 2.46. The van der Waals surface area contributed by atoms with Crippen LogP contribution in [0.4, 0.5) is 13.2 Å². The number of nitrogens with one attached hydrogen (secondary N) is 1. The van der Waals surface area contributed by atoms with Crippen molar-refractivity contribution in [1.29, 1.82) is 0 Å². The monoisotopic (exact) mass is 624 g/mol. The lowest BCUT2D eigenvalue weighted by molar-refractivity contribution is -0.271. The predicted octanol–water partition coefficient (Wildman–Crippen LogP) is 10.7.